The third-order valence-electron chi connectivity index (χ3n) is 3.38. The van der Waals surface area contributed by atoms with Gasteiger partial charge in [-0.1, -0.05) is 13.8 Å². The number of carbonyl (C=O) groups excluding carboxylic acids is 1. The van der Waals surface area contributed by atoms with E-state index >= 15 is 0 Å². The maximum absolute atomic E-state index is 11.1. The van der Waals surface area contributed by atoms with E-state index in [2.05, 4.69) is 0 Å². The molecule has 3 heteroatoms. The highest BCUT2D eigenvalue weighted by Crippen LogP contribution is 2.53. The molecule has 1 saturated carbocycles. The summed E-state index contributed by atoms with van der Waals surface area (Å²) in [5, 5.41) is 8.62. The molecule has 13 heavy (non-hydrogen) atoms. The van der Waals surface area contributed by atoms with Gasteiger partial charge in [-0.05, 0) is 24.7 Å². The topological polar surface area (TPSA) is 54.4 Å². The molecule has 1 aliphatic rings. The van der Waals surface area contributed by atoms with E-state index in [1.165, 1.54) is 0 Å². The molecule has 1 N–H and O–H groups in total. The van der Waals surface area contributed by atoms with Crippen LogP contribution in [0.4, 0.5) is 0 Å². The number of Topliss-reactive ketones (excluding diaryl/α,β-unsaturated/α-hetero) is 1. The van der Waals surface area contributed by atoms with E-state index < -0.39 is 5.97 Å². The van der Waals surface area contributed by atoms with Crippen molar-refractivity contribution in [3.8, 4) is 0 Å². The van der Waals surface area contributed by atoms with E-state index in [-0.39, 0.29) is 29.5 Å². The zero-order chi connectivity index (χ0) is 10.2. The minimum atomic E-state index is -0.764. The lowest BCUT2D eigenvalue weighted by molar-refractivity contribution is -0.149. The molecule has 2 atom stereocenters. The molecule has 0 saturated heterocycles. The van der Waals surface area contributed by atoms with Crippen LogP contribution in [0.25, 0.3) is 0 Å². The monoisotopic (exact) mass is 184 g/mol. The second-order valence-electron chi connectivity index (χ2n) is 4.52. The van der Waals surface area contributed by atoms with Crippen molar-refractivity contribution >= 4 is 11.8 Å². The summed E-state index contributed by atoms with van der Waals surface area (Å²) in [6.07, 6.45) is 0.936. The van der Waals surface area contributed by atoms with Crippen LogP contribution in [0.2, 0.25) is 0 Å². The van der Waals surface area contributed by atoms with Crippen molar-refractivity contribution in [1.82, 2.24) is 0 Å². The van der Waals surface area contributed by atoms with Gasteiger partial charge >= 0.3 is 5.97 Å². The number of hydrogen-bond donors (Lipinski definition) is 1. The van der Waals surface area contributed by atoms with E-state index in [1.807, 2.05) is 13.8 Å². The van der Waals surface area contributed by atoms with E-state index in [9.17, 15) is 9.59 Å². The molecule has 0 radical (unpaired) electrons. The molecular formula is C10H16O3. The average molecular weight is 184 g/mol. The van der Waals surface area contributed by atoms with Crippen molar-refractivity contribution in [3.05, 3.63) is 0 Å². The fourth-order valence-corrected chi connectivity index (χ4v) is 2.26. The molecular weight excluding hydrogens is 168 g/mol. The third-order valence-corrected chi connectivity index (χ3v) is 3.38. The largest absolute Gasteiger partial charge is 0.481 e. The first-order valence-corrected chi connectivity index (χ1v) is 4.58. The summed E-state index contributed by atoms with van der Waals surface area (Å²) in [5.74, 6) is -0.345. The van der Waals surface area contributed by atoms with Crippen molar-refractivity contribution in [2.45, 2.75) is 33.6 Å². The van der Waals surface area contributed by atoms with Gasteiger partial charge in [0.15, 0.2) is 0 Å². The fraction of sp³-hybridized carbons (Fsp3) is 0.800. The summed E-state index contributed by atoms with van der Waals surface area (Å²) in [7, 11) is 0. The van der Waals surface area contributed by atoms with E-state index in [0.717, 1.165) is 6.42 Å². The third kappa shape index (κ3) is 1.74. The van der Waals surface area contributed by atoms with Crippen molar-refractivity contribution < 1.29 is 14.7 Å². The Balaban J connectivity index is 2.59. The second kappa shape index (κ2) is 3.13. The van der Waals surface area contributed by atoms with Crippen LogP contribution in [0, 0.1) is 17.3 Å². The standard InChI is InChI=1S/C10H16O3/c1-6(11)8-4-7(5-9(12)13)10(8,2)3/h7-8H,4-5H2,1-3H3,(H,12,13)/t7-,8-/m1/s1. The Hall–Kier alpha value is -0.860. The maximum atomic E-state index is 11.1. The molecule has 0 aromatic rings. The van der Waals surface area contributed by atoms with Crippen LogP contribution in [0.15, 0.2) is 0 Å². The lowest BCUT2D eigenvalue weighted by Crippen LogP contribution is -2.48. The Bertz CT molecular complexity index is 243. The first-order chi connectivity index (χ1) is 5.85. The molecule has 0 aromatic heterocycles. The molecule has 1 rings (SSSR count). The van der Waals surface area contributed by atoms with Gasteiger partial charge in [-0.15, -0.1) is 0 Å². The predicted molar refractivity (Wildman–Crippen MR) is 48.3 cm³/mol. The van der Waals surface area contributed by atoms with Gasteiger partial charge in [-0.2, -0.15) is 0 Å². The SMILES string of the molecule is CC(=O)[C@H]1C[C@H](CC(=O)O)C1(C)C. The van der Waals surface area contributed by atoms with Gasteiger partial charge in [0.1, 0.15) is 5.78 Å². The maximum Gasteiger partial charge on any atom is 0.303 e. The molecule has 0 aromatic carbocycles. The zero-order valence-electron chi connectivity index (χ0n) is 8.33. The summed E-state index contributed by atoms with van der Waals surface area (Å²) in [6, 6.07) is 0. The molecule has 0 heterocycles. The van der Waals surface area contributed by atoms with Crippen LogP contribution in [0.1, 0.15) is 33.6 Å². The Morgan fingerprint density at radius 2 is 2.00 bits per heavy atom. The summed E-state index contributed by atoms with van der Waals surface area (Å²) in [5.41, 5.74) is -0.121. The van der Waals surface area contributed by atoms with Crippen LogP contribution in [-0.2, 0) is 9.59 Å². The summed E-state index contributed by atoms with van der Waals surface area (Å²) >= 11 is 0. The molecule has 0 spiro atoms. The van der Waals surface area contributed by atoms with Gasteiger partial charge in [-0.25, -0.2) is 0 Å². The molecule has 0 aliphatic heterocycles. The number of carboxylic acids is 1. The first-order valence-electron chi connectivity index (χ1n) is 4.58. The minimum absolute atomic E-state index is 0.0665. The summed E-state index contributed by atoms with van der Waals surface area (Å²) < 4.78 is 0. The van der Waals surface area contributed by atoms with Crippen molar-refractivity contribution in [2.75, 3.05) is 0 Å². The number of carbonyl (C=O) groups is 2. The predicted octanol–water partition coefficient (Wildman–Crippen LogP) is 1.71. The van der Waals surface area contributed by atoms with Gasteiger partial charge in [0, 0.05) is 12.3 Å². The first kappa shape index (κ1) is 10.2. The molecule has 74 valence electrons. The van der Waals surface area contributed by atoms with Gasteiger partial charge in [-0.3, -0.25) is 9.59 Å². The van der Waals surface area contributed by atoms with Gasteiger partial charge in [0.25, 0.3) is 0 Å². The normalized spacial score (nSPS) is 30.7. The molecule has 1 aliphatic carbocycles. The van der Waals surface area contributed by atoms with Crippen LogP contribution >= 0.6 is 0 Å². The van der Waals surface area contributed by atoms with Crippen molar-refractivity contribution in [2.24, 2.45) is 17.3 Å². The van der Waals surface area contributed by atoms with Gasteiger partial charge in [0.05, 0.1) is 0 Å². The quantitative estimate of drug-likeness (QED) is 0.726. The van der Waals surface area contributed by atoms with Crippen LogP contribution in [0.5, 0.6) is 0 Å². The number of rotatable bonds is 3. The van der Waals surface area contributed by atoms with Crippen LogP contribution in [0.3, 0.4) is 0 Å². The molecule has 0 bridgehead atoms. The average Bonchev–Trinajstić information content (AvgIpc) is 1.96. The summed E-state index contributed by atoms with van der Waals surface area (Å²) in [4.78, 5) is 21.6. The molecule has 0 unspecified atom stereocenters. The highest BCUT2D eigenvalue weighted by atomic mass is 16.4. The van der Waals surface area contributed by atoms with Gasteiger partial charge in [0.2, 0.25) is 0 Å². The van der Waals surface area contributed by atoms with Crippen LogP contribution in [-0.4, -0.2) is 16.9 Å². The smallest absolute Gasteiger partial charge is 0.303 e. The Morgan fingerprint density at radius 3 is 2.31 bits per heavy atom. The van der Waals surface area contributed by atoms with Crippen molar-refractivity contribution in [3.63, 3.8) is 0 Å². The number of ketones is 1. The van der Waals surface area contributed by atoms with E-state index in [4.69, 9.17) is 5.11 Å². The number of aliphatic carboxylic acids is 1. The van der Waals surface area contributed by atoms with E-state index in [1.54, 1.807) is 6.92 Å². The second-order valence-corrected chi connectivity index (χ2v) is 4.52. The minimum Gasteiger partial charge on any atom is -0.481 e. The lowest BCUT2D eigenvalue weighted by Gasteiger charge is -2.50. The highest BCUT2D eigenvalue weighted by Gasteiger charge is 2.50. The lowest BCUT2D eigenvalue weighted by atomic mass is 9.53. The number of hydrogen-bond acceptors (Lipinski definition) is 2. The van der Waals surface area contributed by atoms with Gasteiger partial charge < -0.3 is 5.11 Å². The zero-order valence-corrected chi connectivity index (χ0v) is 8.33. The van der Waals surface area contributed by atoms with E-state index in [0.29, 0.717) is 0 Å². The van der Waals surface area contributed by atoms with Crippen LogP contribution < -0.4 is 0 Å². The van der Waals surface area contributed by atoms with Crippen molar-refractivity contribution in [1.29, 1.82) is 0 Å². The molecule has 1 fully saturated rings. The highest BCUT2D eigenvalue weighted by molar-refractivity contribution is 5.80. The number of carboxylic acid groups (broad SMARTS) is 1. The Morgan fingerprint density at radius 1 is 1.46 bits per heavy atom. The molecule has 3 nitrogen and oxygen atoms in total. The Labute approximate surface area is 78.1 Å². The molecule has 0 amide bonds. The summed E-state index contributed by atoms with van der Waals surface area (Å²) in [6.45, 7) is 5.55. The fourth-order valence-electron chi connectivity index (χ4n) is 2.26. The Kier molecular flexibility index (Phi) is 2.46.